The Hall–Kier alpha value is -1.40. The van der Waals surface area contributed by atoms with Crippen LogP contribution in [0, 0.1) is 0 Å². The van der Waals surface area contributed by atoms with Crippen molar-refractivity contribution in [1.82, 2.24) is 9.62 Å². The SMILES string of the molecule is O=C(NCCS(=O)(=O)N1CCCC1)c1ccccc1. The first-order valence-electron chi connectivity index (χ1n) is 6.41. The van der Waals surface area contributed by atoms with Gasteiger partial charge in [-0.2, -0.15) is 0 Å². The van der Waals surface area contributed by atoms with E-state index in [2.05, 4.69) is 5.32 Å². The molecule has 1 heterocycles. The lowest BCUT2D eigenvalue weighted by molar-refractivity contribution is 0.0956. The number of hydrogen-bond donors (Lipinski definition) is 1. The van der Waals surface area contributed by atoms with Crippen LogP contribution in [-0.2, 0) is 10.0 Å². The number of rotatable bonds is 5. The molecule has 2 rings (SSSR count). The zero-order valence-electron chi connectivity index (χ0n) is 10.7. The maximum atomic E-state index is 11.9. The minimum atomic E-state index is -3.22. The number of carbonyl (C=O) groups excluding carboxylic acids is 1. The highest BCUT2D eigenvalue weighted by molar-refractivity contribution is 7.89. The number of amides is 1. The lowest BCUT2D eigenvalue weighted by atomic mass is 10.2. The molecule has 0 aromatic heterocycles. The van der Waals surface area contributed by atoms with Crippen molar-refractivity contribution in [3.63, 3.8) is 0 Å². The van der Waals surface area contributed by atoms with Crippen LogP contribution in [0.5, 0.6) is 0 Å². The van der Waals surface area contributed by atoms with E-state index in [-0.39, 0.29) is 18.2 Å². The molecular weight excluding hydrogens is 264 g/mol. The second-order valence-electron chi connectivity index (χ2n) is 4.54. The van der Waals surface area contributed by atoms with E-state index in [9.17, 15) is 13.2 Å². The molecule has 0 bridgehead atoms. The zero-order chi connectivity index (χ0) is 13.7. The Balaban J connectivity index is 1.82. The van der Waals surface area contributed by atoms with Gasteiger partial charge in [0.05, 0.1) is 5.75 Å². The van der Waals surface area contributed by atoms with Gasteiger partial charge in [0.2, 0.25) is 10.0 Å². The summed E-state index contributed by atoms with van der Waals surface area (Å²) in [7, 11) is -3.22. The molecule has 1 amide bonds. The Labute approximate surface area is 113 Å². The molecule has 104 valence electrons. The fourth-order valence-electron chi connectivity index (χ4n) is 2.08. The maximum absolute atomic E-state index is 11.9. The van der Waals surface area contributed by atoms with Gasteiger partial charge in [-0.1, -0.05) is 18.2 Å². The van der Waals surface area contributed by atoms with E-state index in [1.54, 1.807) is 24.3 Å². The third kappa shape index (κ3) is 3.78. The zero-order valence-corrected chi connectivity index (χ0v) is 11.5. The number of hydrogen-bond acceptors (Lipinski definition) is 3. The monoisotopic (exact) mass is 282 g/mol. The summed E-state index contributed by atoms with van der Waals surface area (Å²) in [5.41, 5.74) is 0.543. The van der Waals surface area contributed by atoms with Gasteiger partial charge in [0.25, 0.3) is 5.91 Å². The molecule has 0 saturated carbocycles. The lowest BCUT2D eigenvalue weighted by Gasteiger charge is -2.15. The van der Waals surface area contributed by atoms with E-state index in [1.165, 1.54) is 4.31 Å². The van der Waals surface area contributed by atoms with Gasteiger partial charge in [0, 0.05) is 25.2 Å². The van der Waals surface area contributed by atoms with Crippen molar-refractivity contribution in [3.8, 4) is 0 Å². The number of nitrogens with one attached hydrogen (secondary N) is 1. The smallest absolute Gasteiger partial charge is 0.251 e. The molecular formula is C13H18N2O3S. The quantitative estimate of drug-likeness (QED) is 0.870. The molecule has 1 aliphatic rings. The van der Waals surface area contributed by atoms with Gasteiger partial charge < -0.3 is 5.32 Å². The highest BCUT2D eigenvalue weighted by Gasteiger charge is 2.24. The molecule has 1 aromatic rings. The second-order valence-corrected chi connectivity index (χ2v) is 6.63. The minimum Gasteiger partial charge on any atom is -0.351 e. The number of benzene rings is 1. The summed E-state index contributed by atoms with van der Waals surface area (Å²) in [5, 5.41) is 2.63. The van der Waals surface area contributed by atoms with Crippen LogP contribution in [0.4, 0.5) is 0 Å². The highest BCUT2D eigenvalue weighted by atomic mass is 32.2. The molecule has 0 aliphatic carbocycles. The van der Waals surface area contributed by atoms with Crippen LogP contribution < -0.4 is 5.32 Å². The Morgan fingerprint density at radius 1 is 1.16 bits per heavy atom. The van der Waals surface area contributed by atoms with E-state index < -0.39 is 10.0 Å². The Bertz CT molecular complexity index is 522. The second kappa shape index (κ2) is 6.16. The molecule has 1 N–H and O–H groups in total. The first-order valence-corrected chi connectivity index (χ1v) is 8.01. The van der Waals surface area contributed by atoms with Crippen LogP contribution in [0.25, 0.3) is 0 Å². The average Bonchev–Trinajstić information content (AvgIpc) is 2.94. The number of nitrogens with zero attached hydrogens (tertiary/aromatic N) is 1. The third-order valence-electron chi connectivity index (χ3n) is 3.14. The summed E-state index contributed by atoms with van der Waals surface area (Å²) in [6, 6.07) is 8.77. The summed E-state index contributed by atoms with van der Waals surface area (Å²) in [6.45, 7) is 1.36. The van der Waals surface area contributed by atoms with Crippen molar-refractivity contribution < 1.29 is 13.2 Å². The highest BCUT2D eigenvalue weighted by Crippen LogP contribution is 2.12. The van der Waals surface area contributed by atoms with Crippen LogP contribution in [0.2, 0.25) is 0 Å². The summed E-state index contributed by atoms with van der Waals surface area (Å²) in [6.07, 6.45) is 1.85. The van der Waals surface area contributed by atoms with E-state index >= 15 is 0 Å². The molecule has 1 aromatic carbocycles. The summed E-state index contributed by atoms with van der Waals surface area (Å²) < 4.78 is 25.4. The minimum absolute atomic E-state index is 0.0361. The summed E-state index contributed by atoms with van der Waals surface area (Å²) in [4.78, 5) is 11.7. The van der Waals surface area contributed by atoms with Crippen molar-refractivity contribution in [2.75, 3.05) is 25.4 Å². The van der Waals surface area contributed by atoms with Crippen molar-refractivity contribution in [2.24, 2.45) is 0 Å². The van der Waals surface area contributed by atoms with E-state index in [0.717, 1.165) is 12.8 Å². The average molecular weight is 282 g/mol. The van der Waals surface area contributed by atoms with Gasteiger partial charge in [0.15, 0.2) is 0 Å². The van der Waals surface area contributed by atoms with E-state index in [1.807, 2.05) is 6.07 Å². The Morgan fingerprint density at radius 2 is 1.79 bits per heavy atom. The van der Waals surface area contributed by atoms with E-state index in [4.69, 9.17) is 0 Å². The summed E-state index contributed by atoms with van der Waals surface area (Å²) in [5.74, 6) is -0.275. The van der Waals surface area contributed by atoms with Crippen LogP contribution in [0.15, 0.2) is 30.3 Å². The molecule has 0 atom stereocenters. The molecule has 6 heteroatoms. The van der Waals surface area contributed by atoms with Gasteiger partial charge in [-0.25, -0.2) is 12.7 Å². The first kappa shape index (κ1) is 14.0. The fourth-order valence-corrected chi connectivity index (χ4v) is 3.51. The largest absolute Gasteiger partial charge is 0.351 e. The Morgan fingerprint density at radius 3 is 2.42 bits per heavy atom. The van der Waals surface area contributed by atoms with Gasteiger partial charge in [-0.05, 0) is 25.0 Å². The fraction of sp³-hybridized carbons (Fsp3) is 0.462. The molecule has 0 unspecified atom stereocenters. The third-order valence-corrected chi connectivity index (χ3v) is 5.01. The molecule has 1 aliphatic heterocycles. The number of sulfonamides is 1. The molecule has 1 fully saturated rings. The van der Waals surface area contributed by atoms with Crippen molar-refractivity contribution in [2.45, 2.75) is 12.8 Å². The van der Waals surface area contributed by atoms with Crippen LogP contribution >= 0.6 is 0 Å². The van der Waals surface area contributed by atoms with Gasteiger partial charge in [-0.3, -0.25) is 4.79 Å². The molecule has 1 saturated heterocycles. The van der Waals surface area contributed by atoms with Gasteiger partial charge in [0.1, 0.15) is 0 Å². The van der Waals surface area contributed by atoms with Crippen LogP contribution in [-0.4, -0.2) is 44.0 Å². The molecule has 0 spiro atoms. The van der Waals surface area contributed by atoms with Crippen LogP contribution in [0.1, 0.15) is 23.2 Å². The summed E-state index contributed by atoms with van der Waals surface area (Å²) >= 11 is 0. The maximum Gasteiger partial charge on any atom is 0.251 e. The van der Waals surface area contributed by atoms with Gasteiger partial charge in [-0.15, -0.1) is 0 Å². The standard InChI is InChI=1S/C13H18N2O3S/c16-13(12-6-2-1-3-7-12)14-8-11-19(17,18)15-9-4-5-10-15/h1-3,6-7H,4-5,8-11H2,(H,14,16). The van der Waals surface area contributed by atoms with Gasteiger partial charge >= 0.3 is 0 Å². The topological polar surface area (TPSA) is 66.5 Å². The Kier molecular flexibility index (Phi) is 4.55. The predicted molar refractivity (Wildman–Crippen MR) is 73.4 cm³/mol. The number of carbonyl (C=O) groups is 1. The van der Waals surface area contributed by atoms with Crippen molar-refractivity contribution in [3.05, 3.63) is 35.9 Å². The molecule has 0 radical (unpaired) electrons. The predicted octanol–water partition coefficient (Wildman–Crippen LogP) is 0.842. The lowest BCUT2D eigenvalue weighted by Crippen LogP contribution is -2.36. The first-order chi connectivity index (χ1) is 9.09. The van der Waals surface area contributed by atoms with Crippen LogP contribution in [0.3, 0.4) is 0 Å². The van der Waals surface area contributed by atoms with Crippen molar-refractivity contribution in [1.29, 1.82) is 0 Å². The van der Waals surface area contributed by atoms with E-state index in [0.29, 0.717) is 18.7 Å². The molecule has 19 heavy (non-hydrogen) atoms. The normalized spacial score (nSPS) is 16.4. The van der Waals surface area contributed by atoms with Crippen molar-refractivity contribution >= 4 is 15.9 Å². The molecule has 5 nitrogen and oxygen atoms in total.